The van der Waals surface area contributed by atoms with E-state index >= 15 is 0 Å². The highest BCUT2D eigenvalue weighted by molar-refractivity contribution is 9.15. The van der Waals surface area contributed by atoms with Gasteiger partial charge in [0, 0.05) is 88.9 Å². The number of carboxylic acid groups (broad SMARTS) is 7. The van der Waals surface area contributed by atoms with Gasteiger partial charge in [-0.1, -0.05) is 43.9 Å². The first-order chi connectivity index (χ1) is 61.4. The van der Waals surface area contributed by atoms with E-state index in [1.807, 2.05) is 82.8 Å². The van der Waals surface area contributed by atoms with Crippen LogP contribution >= 0.6 is 63.7 Å². The van der Waals surface area contributed by atoms with Gasteiger partial charge in [0.15, 0.2) is 5.71 Å². The second-order valence-corrected chi connectivity index (χ2v) is 37.6. The third kappa shape index (κ3) is 31.9. The van der Waals surface area contributed by atoms with Crippen LogP contribution in [0.25, 0.3) is 11.0 Å². The summed E-state index contributed by atoms with van der Waals surface area (Å²) in [5, 5.41) is 87.8. The minimum atomic E-state index is -4.68. The number of aryl methyl sites for hydroxylation is 1. The maximum atomic E-state index is 13.9. The molecule has 8 atom stereocenters. The zero-order valence-electron chi connectivity index (χ0n) is 71.9. The molecule has 0 aliphatic carbocycles. The van der Waals surface area contributed by atoms with Crippen molar-refractivity contribution in [1.82, 2.24) is 57.4 Å². The van der Waals surface area contributed by atoms with Crippen LogP contribution in [0.4, 0.5) is 11.4 Å². The van der Waals surface area contributed by atoms with Crippen molar-refractivity contribution in [2.45, 2.75) is 245 Å². The lowest BCUT2D eigenvalue weighted by Crippen LogP contribution is -2.61. The minimum Gasteiger partial charge on any atom is -0.481 e. The van der Waals surface area contributed by atoms with E-state index in [9.17, 15) is 138 Å². The molecule has 6 rings (SSSR count). The molecule has 4 aromatic rings. The van der Waals surface area contributed by atoms with Gasteiger partial charge in [-0.3, -0.25) is 81.0 Å². The van der Waals surface area contributed by atoms with E-state index in [4.69, 9.17) is 0 Å². The van der Waals surface area contributed by atoms with Crippen molar-refractivity contribution in [3.8, 4) is 0 Å². The Balaban J connectivity index is 0.994. The minimum absolute atomic E-state index is 0.0322. The van der Waals surface area contributed by atoms with Gasteiger partial charge in [-0.25, -0.2) is 9.78 Å². The number of allylic oxidation sites excluding steroid dienone is 6. The number of carbonyl (C=O) groups is 16. The Morgan fingerprint density at radius 2 is 0.870 bits per heavy atom. The van der Waals surface area contributed by atoms with E-state index in [0.717, 1.165) is 78.2 Å². The first-order valence-corrected chi connectivity index (χ1v) is 47.6. The number of aliphatic carboxylic acids is 7. The molecule has 0 radical (unpaired) electrons. The summed E-state index contributed by atoms with van der Waals surface area (Å²) in [6.07, 6.45) is 7.92. The molecule has 716 valence electrons. The molecule has 1 aromatic heterocycles. The van der Waals surface area contributed by atoms with Crippen molar-refractivity contribution in [2.75, 3.05) is 31.1 Å². The molecule has 2 aliphatic heterocycles. The number of halogens is 4. The molecule has 0 spiro atoms. The van der Waals surface area contributed by atoms with Crippen LogP contribution < -0.4 is 52.8 Å². The lowest BCUT2D eigenvalue weighted by Gasteiger charge is -2.30. The number of carboxylic acids is 7. The van der Waals surface area contributed by atoms with Gasteiger partial charge in [-0.05, 0) is 198 Å². The first kappa shape index (κ1) is 109. The van der Waals surface area contributed by atoms with Gasteiger partial charge in [0.1, 0.15) is 54.4 Å². The summed E-state index contributed by atoms with van der Waals surface area (Å²) in [5.74, 6) is -23.9. The lowest BCUT2D eigenvalue weighted by molar-refractivity contribution is -0.433. The van der Waals surface area contributed by atoms with Crippen LogP contribution in [0.15, 0.2) is 106 Å². The Bertz CT molecular complexity index is 5390. The van der Waals surface area contributed by atoms with Crippen LogP contribution in [0.1, 0.15) is 187 Å². The third-order valence-electron chi connectivity index (χ3n) is 21.6. The molecule has 0 saturated carbocycles. The number of benzene rings is 3. The summed E-state index contributed by atoms with van der Waals surface area (Å²) in [6, 6.07) is -7.00. The number of aromatic nitrogens is 2. The topological polar surface area (TPSA) is 656 Å². The number of nitrogens with zero attached hydrogens (tertiary/aromatic N) is 4. The molecular formula is C83H106Br4N13O29S2+. The molecule has 42 nitrogen and oxygen atoms in total. The predicted molar refractivity (Wildman–Crippen MR) is 483 cm³/mol. The number of anilines is 1. The summed E-state index contributed by atoms with van der Waals surface area (Å²) in [5.41, 5.74) is 4.31. The standard InChI is InChI=1S/C83H105Br4N13O29S2/c1-6-99-56-30-28-45(130(124,125)126)36-47(56)82(3,4)58(99)23-13-11-14-24-59-83(5,48-37-46(131(127,128)129)29-31-57(48)100(59)7-2)32-21-27-61(102)89-34-19-17-22-49(81(122)123)92-76(117)51(39-64(106)107)94-78(119)53(41-66(110)111)96-80(121)55(43-68(114)115)97-79(120)54(42-67(112)113)95-77(118)52(40-65(108)109)93-75(116)50(38-63(104)105)91-62(103)26-16-12-18-33-88-60(101)25-15-9-8-10-20-35-98-44-90-73-71(86)69(84)70(85)72(87)74(73)98/h11,13-14,23-24,28-31,36-37,44,49-55H,6-10,12,15-22,25-27,32-35,38-43H2,1-5H3,(H17-,88,89,91,92,93,94,95,96,97,101,102,103,104,105,106,107,108,109,110,111,112,113,114,115,116,117,118,119,120,121,122,123,124,125,126,127,128,129)/p+1/t49-,50+,51-,52-,53-,54-,55-,83?/m0/s1. The van der Waals surface area contributed by atoms with Crippen molar-refractivity contribution in [3.05, 3.63) is 108 Å². The highest BCUT2D eigenvalue weighted by Crippen LogP contribution is 2.52. The summed E-state index contributed by atoms with van der Waals surface area (Å²) in [7, 11) is -9.16. The highest BCUT2D eigenvalue weighted by atomic mass is 79.9. The van der Waals surface area contributed by atoms with Crippen molar-refractivity contribution in [2.24, 2.45) is 0 Å². The molecule has 131 heavy (non-hydrogen) atoms. The van der Waals surface area contributed by atoms with Crippen molar-refractivity contribution in [1.29, 1.82) is 0 Å². The van der Waals surface area contributed by atoms with E-state index in [2.05, 4.69) is 94.5 Å². The molecule has 3 aromatic carbocycles. The lowest BCUT2D eigenvalue weighted by atomic mass is 9.77. The normalized spacial score (nSPS) is 16.0. The van der Waals surface area contributed by atoms with E-state index in [0.29, 0.717) is 49.2 Å². The smallest absolute Gasteiger partial charge is 0.326 e. The second kappa shape index (κ2) is 50.1. The molecule has 0 fully saturated rings. The van der Waals surface area contributed by atoms with Crippen LogP contribution in [-0.4, -0.2) is 245 Å². The van der Waals surface area contributed by atoms with E-state index in [-0.39, 0.29) is 86.6 Å². The van der Waals surface area contributed by atoms with Crippen LogP contribution in [0.5, 0.6) is 0 Å². The summed E-state index contributed by atoms with van der Waals surface area (Å²) in [6.45, 7) is 11.4. The fourth-order valence-electron chi connectivity index (χ4n) is 15.0. The molecule has 0 saturated heterocycles. The van der Waals surface area contributed by atoms with Crippen LogP contribution in [0, 0.1) is 0 Å². The number of carbonyl (C=O) groups excluding carboxylic acids is 9. The first-order valence-electron chi connectivity index (χ1n) is 41.5. The Kier molecular flexibility index (Phi) is 41.6. The summed E-state index contributed by atoms with van der Waals surface area (Å²) in [4.78, 5) is 212. The number of unbranched alkanes of at least 4 members (excludes halogenated alkanes) is 7. The van der Waals surface area contributed by atoms with Gasteiger partial charge in [-0.2, -0.15) is 21.4 Å². The highest BCUT2D eigenvalue weighted by Gasteiger charge is 2.47. The monoisotopic (exact) mass is 2130 g/mol. The van der Waals surface area contributed by atoms with Crippen LogP contribution in [0.2, 0.25) is 0 Å². The second-order valence-electron chi connectivity index (χ2n) is 31.6. The molecule has 48 heteroatoms. The number of hydrogen-bond acceptors (Lipinski definition) is 22. The Labute approximate surface area is 786 Å². The molecule has 3 heterocycles. The average molecular weight is 2130 g/mol. The Hall–Kier alpha value is -10.9. The van der Waals surface area contributed by atoms with Gasteiger partial charge in [-0.15, -0.1) is 0 Å². The zero-order valence-corrected chi connectivity index (χ0v) is 79.8. The number of rotatable bonds is 56. The molecule has 18 N–H and O–H groups in total. The molecule has 0 bridgehead atoms. The van der Waals surface area contributed by atoms with Crippen LogP contribution in [0.3, 0.4) is 0 Å². The largest absolute Gasteiger partial charge is 0.481 e. The Morgan fingerprint density at radius 3 is 1.32 bits per heavy atom. The van der Waals surface area contributed by atoms with E-state index < -0.39 is 201 Å². The number of likely N-dealkylation sites (N-methyl/N-ethyl adjacent to an activating group) is 1. The summed E-state index contributed by atoms with van der Waals surface area (Å²) >= 11 is 14.3. The van der Waals surface area contributed by atoms with Gasteiger partial charge in [0.25, 0.3) is 20.2 Å². The predicted octanol–water partition coefficient (Wildman–Crippen LogP) is 6.27. The SMILES string of the molecule is CCN1/C(=C/C=C/C=C/C2=[N+](CC)c3ccc(S(=O)(=O)O)cc3C2(C)C)C(C)(CCCC(=O)NCCCC[C@H](NC(=O)[C@H](CC(=O)O)NC(=O)[C@H](CC(=O)O)NC(=O)[C@H](CC(=O)O)NC(=O)[C@H](CC(=O)O)NC(=O)[C@H](CC(=O)O)NC(=O)[C@@H](CC(=O)O)NC(=O)CCCCCNC(=O)CCCCCCCn2cnc3c(Br)c(Br)c(Br)c(Br)c32)C(=O)O)c2cc(S(=O)(=O)O)ccc21. The van der Waals surface area contributed by atoms with Gasteiger partial charge < -0.3 is 93.1 Å². The molecule has 1 unspecified atom stereocenters. The van der Waals surface area contributed by atoms with Crippen LogP contribution in [-0.2, 0) is 114 Å². The number of amides is 9. The number of imidazole rings is 1. The number of fused-ring (bicyclic) bond motifs is 3. The van der Waals surface area contributed by atoms with Gasteiger partial charge in [0.2, 0.25) is 58.9 Å². The zero-order chi connectivity index (χ0) is 97.7. The molecule has 2 aliphatic rings. The number of nitrogens with one attached hydrogen (secondary N) is 9. The molecule has 9 amide bonds. The molecular weight excluding hydrogens is 2030 g/mol. The fourth-order valence-corrected chi connectivity index (χ4v) is 18.4. The van der Waals surface area contributed by atoms with Crippen molar-refractivity contribution < 1.29 is 143 Å². The average Bonchev–Trinajstić information content (AvgIpc) is 1.58. The Morgan fingerprint density at radius 1 is 0.466 bits per heavy atom. The van der Waals surface area contributed by atoms with Gasteiger partial charge in [0.05, 0.1) is 74.5 Å². The van der Waals surface area contributed by atoms with Crippen molar-refractivity contribution in [3.63, 3.8) is 0 Å². The van der Waals surface area contributed by atoms with E-state index in [1.54, 1.807) is 36.7 Å². The summed E-state index contributed by atoms with van der Waals surface area (Å²) < 4.78 is 76.4. The van der Waals surface area contributed by atoms with Crippen molar-refractivity contribution >= 4 is 207 Å². The quantitative estimate of drug-likeness (QED) is 0.00578. The number of hydrogen-bond donors (Lipinski definition) is 18. The maximum absolute atomic E-state index is 13.9. The van der Waals surface area contributed by atoms with E-state index in [1.165, 1.54) is 24.3 Å². The fraction of sp³-hybridized carbons (Fsp3) is 0.494. The maximum Gasteiger partial charge on any atom is 0.326 e. The van der Waals surface area contributed by atoms with Gasteiger partial charge >= 0.3 is 41.8 Å². The third-order valence-corrected chi connectivity index (χ3v) is 28.0.